The minimum absolute atomic E-state index is 0.0480. The molecule has 4 rings (SSSR count). The summed E-state index contributed by atoms with van der Waals surface area (Å²) in [6.07, 6.45) is 2.00. The molecule has 4 aromatic rings. The molecule has 0 fully saturated rings. The van der Waals surface area contributed by atoms with E-state index in [-0.39, 0.29) is 48.6 Å². The van der Waals surface area contributed by atoms with E-state index in [2.05, 4.69) is 20.1 Å². The molecule has 302 valence electrons. The van der Waals surface area contributed by atoms with Crippen LogP contribution in [0.15, 0.2) is 95.4 Å². The van der Waals surface area contributed by atoms with Crippen molar-refractivity contribution >= 4 is 36.1 Å². The van der Waals surface area contributed by atoms with Crippen molar-refractivity contribution in [1.82, 2.24) is 20.6 Å². The topological polar surface area (TPSA) is 183 Å². The number of hydrogen-bond acceptors (Lipinski definition) is 11. The third kappa shape index (κ3) is 12.5. The second-order valence-electron chi connectivity index (χ2n) is 12.7. The van der Waals surface area contributed by atoms with Crippen LogP contribution < -0.4 is 15.4 Å². The van der Waals surface area contributed by atoms with Gasteiger partial charge in [0.1, 0.15) is 31.2 Å². The van der Waals surface area contributed by atoms with Gasteiger partial charge in [0.25, 0.3) is 11.8 Å². The van der Waals surface area contributed by atoms with Gasteiger partial charge in [-0.15, -0.1) is 0 Å². The third-order valence-electron chi connectivity index (χ3n) is 8.98. The van der Waals surface area contributed by atoms with Crippen molar-refractivity contribution in [2.45, 2.75) is 45.8 Å². The Morgan fingerprint density at radius 2 is 1.46 bits per heavy atom. The number of carbonyl (C=O) groups excluding carboxylic acids is 6. The smallest absolute Gasteiger partial charge is 0.325 e. The van der Waals surface area contributed by atoms with Crippen LogP contribution in [0.1, 0.15) is 58.7 Å². The second kappa shape index (κ2) is 22.2. The zero-order valence-corrected chi connectivity index (χ0v) is 32.4. The van der Waals surface area contributed by atoms with Crippen molar-refractivity contribution < 1.29 is 52.2 Å². The monoisotopic (exact) mass is 784 g/mol. The van der Waals surface area contributed by atoms with E-state index < -0.39 is 48.8 Å². The molecule has 2 atom stereocenters. The Kier molecular flexibility index (Phi) is 16.8. The van der Waals surface area contributed by atoms with Crippen LogP contribution in [0.25, 0.3) is 11.3 Å². The minimum Gasteiger partial charge on any atom is -0.493 e. The van der Waals surface area contributed by atoms with Crippen molar-refractivity contribution in [1.29, 1.82) is 0 Å². The van der Waals surface area contributed by atoms with Crippen LogP contribution in [-0.2, 0) is 46.5 Å². The van der Waals surface area contributed by atoms with Crippen molar-refractivity contribution in [2.75, 3.05) is 40.6 Å². The van der Waals surface area contributed by atoms with Gasteiger partial charge in [0.2, 0.25) is 12.3 Å². The van der Waals surface area contributed by atoms with E-state index in [9.17, 15) is 28.8 Å². The standard InChI is InChI=1S/C42H48N4O11/c1-5-34(46(28-47)56-26-30-15-11-8-12-16-30)32(19-17-29-13-9-7-10-14-29)40(50)43-27-44-41(51)36-22-21-35(57-36)31-18-20-33(37(23-31)55-6-2)42(52)45(24-38(48)53-3)25-39(49)54-4/h7-16,18,20-23,28,32,34H,5-6,17,19,24-27H2,1-4H3,(H,43,50)(H,44,51)/t32-,34-/m1/s1. The molecule has 0 unspecified atom stereocenters. The molecule has 0 aliphatic rings. The van der Waals surface area contributed by atoms with Crippen LogP contribution in [0.4, 0.5) is 0 Å². The number of carbonyl (C=O) groups is 6. The number of ether oxygens (including phenoxy) is 3. The predicted octanol–water partition coefficient (Wildman–Crippen LogP) is 4.55. The predicted molar refractivity (Wildman–Crippen MR) is 207 cm³/mol. The van der Waals surface area contributed by atoms with Gasteiger partial charge in [-0.2, -0.15) is 0 Å². The second-order valence-corrected chi connectivity index (χ2v) is 12.7. The lowest BCUT2D eigenvalue weighted by Crippen LogP contribution is -2.48. The van der Waals surface area contributed by atoms with E-state index >= 15 is 0 Å². The third-order valence-corrected chi connectivity index (χ3v) is 8.98. The average molecular weight is 785 g/mol. The van der Waals surface area contributed by atoms with Crippen LogP contribution in [0.5, 0.6) is 5.75 Å². The first-order valence-corrected chi connectivity index (χ1v) is 18.4. The summed E-state index contributed by atoms with van der Waals surface area (Å²) >= 11 is 0. The Labute approximate surface area is 331 Å². The van der Waals surface area contributed by atoms with Gasteiger partial charge < -0.3 is 34.2 Å². The van der Waals surface area contributed by atoms with Crippen molar-refractivity contribution in [3.05, 3.63) is 113 Å². The van der Waals surface area contributed by atoms with Gasteiger partial charge in [0, 0.05) is 5.56 Å². The summed E-state index contributed by atoms with van der Waals surface area (Å²) in [4.78, 5) is 83.5. The summed E-state index contributed by atoms with van der Waals surface area (Å²) in [5.74, 6) is -3.41. The first-order chi connectivity index (χ1) is 27.6. The number of methoxy groups -OCH3 is 2. The average Bonchev–Trinajstić information content (AvgIpc) is 3.74. The summed E-state index contributed by atoms with van der Waals surface area (Å²) in [5.41, 5.74) is 2.44. The Bertz CT molecular complexity index is 1930. The van der Waals surface area contributed by atoms with Crippen LogP contribution in [0.3, 0.4) is 0 Å². The lowest BCUT2D eigenvalue weighted by atomic mass is 9.90. The number of esters is 2. The highest BCUT2D eigenvalue weighted by Gasteiger charge is 2.32. The molecule has 15 heteroatoms. The molecule has 3 aromatic carbocycles. The molecule has 1 aromatic heterocycles. The first-order valence-electron chi connectivity index (χ1n) is 18.4. The summed E-state index contributed by atoms with van der Waals surface area (Å²) in [6, 6.07) is 26.1. The number of benzene rings is 3. The Hall–Kier alpha value is -6.48. The van der Waals surface area contributed by atoms with Gasteiger partial charge in [0.05, 0.1) is 45.0 Å². The number of hydroxylamine groups is 2. The Morgan fingerprint density at radius 3 is 2.05 bits per heavy atom. The van der Waals surface area contributed by atoms with E-state index in [1.165, 1.54) is 23.3 Å². The van der Waals surface area contributed by atoms with Crippen LogP contribution in [0, 0.1) is 5.92 Å². The molecule has 0 aliphatic carbocycles. The fourth-order valence-corrected chi connectivity index (χ4v) is 6.02. The minimum atomic E-state index is -0.732. The molecule has 0 saturated heterocycles. The number of rotatable bonds is 22. The molecule has 0 radical (unpaired) electrons. The molecule has 0 bridgehead atoms. The summed E-state index contributed by atoms with van der Waals surface area (Å²) in [7, 11) is 2.33. The van der Waals surface area contributed by atoms with E-state index in [0.717, 1.165) is 30.2 Å². The zero-order valence-electron chi connectivity index (χ0n) is 32.4. The van der Waals surface area contributed by atoms with Gasteiger partial charge in [0.15, 0.2) is 5.76 Å². The summed E-state index contributed by atoms with van der Waals surface area (Å²) in [6.45, 7) is 2.71. The lowest BCUT2D eigenvalue weighted by molar-refractivity contribution is -0.200. The maximum atomic E-state index is 13.7. The molecule has 4 amide bonds. The van der Waals surface area contributed by atoms with Gasteiger partial charge >= 0.3 is 11.9 Å². The Balaban J connectivity index is 1.44. The van der Waals surface area contributed by atoms with Crippen molar-refractivity contribution in [2.24, 2.45) is 5.92 Å². The fourth-order valence-electron chi connectivity index (χ4n) is 6.02. The molecule has 15 nitrogen and oxygen atoms in total. The molecule has 57 heavy (non-hydrogen) atoms. The molecular formula is C42H48N4O11. The summed E-state index contributed by atoms with van der Waals surface area (Å²) in [5, 5.41) is 6.63. The molecule has 0 aliphatic heterocycles. The quantitative estimate of drug-likeness (QED) is 0.0494. The number of furan rings is 1. The fraction of sp³-hybridized carbons (Fsp3) is 0.333. The molecule has 0 spiro atoms. The van der Waals surface area contributed by atoms with Crippen LogP contribution in [-0.4, -0.2) is 92.7 Å². The highest BCUT2D eigenvalue weighted by atomic mass is 16.7. The number of hydrogen-bond donors (Lipinski definition) is 2. The maximum absolute atomic E-state index is 13.7. The molecule has 2 N–H and O–H groups in total. The number of nitrogens with one attached hydrogen (secondary N) is 2. The van der Waals surface area contributed by atoms with E-state index in [1.54, 1.807) is 19.1 Å². The van der Waals surface area contributed by atoms with Gasteiger partial charge in [-0.25, -0.2) is 5.06 Å². The maximum Gasteiger partial charge on any atom is 0.325 e. The molecular weight excluding hydrogens is 736 g/mol. The van der Waals surface area contributed by atoms with Gasteiger partial charge in [-0.05, 0) is 61.6 Å². The highest BCUT2D eigenvalue weighted by Crippen LogP contribution is 2.30. The van der Waals surface area contributed by atoms with Crippen molar-refractivity contribution in [3.8, 4) is 17.1 Å². The first kappa shape index (κ1) is 43.3. The van der Waals surface area contributed by atoms with Gasteiger partial charge in [-0.1, -0.05) is 73.7 Å². The SMILES string of the molecule is CCOc1cc(-c2ccc(C(=O)NCNC(=O)[C@H](CCc3ccccc3)[C@@H](CC)N(C=O)OCc3ccccc3)o2)ccc1C(=O)N(CC(=O)OC)CC(=O)OC. The highest BCUT2D eigenvalue weighted by molar-refractivity contribution is 6.00. The van der Waals surface area contributed by atoms with Crippen LogP contribution in [0.2, 0.25) is 0 Å². The Morgan fingerprint density at radius 1 is 0.807 bits per heavy atom. The van der Waals surface area contributed by atoms with Crippen LogP contribution >= 0.6 is 0 Å². The number of amides is 4. The van der Waals surface area contributed by atoms with Gasteiger partial charge in [-0.3, -0.25) is 33.6 Å². The molecule has 0 saturated carbocycles. The van der Waals surface area contributed by atoms with E-state index in [1.807, 2.05) is 67.6 Å². The number of nitrogens with zero attached hydrogens (tertiary/aromatic N) is 2. The van der Waals surface area contributed by atoms with E-state index in [4.69, 9.17) is 14.0 Å². The summed E-state index contributed by atoms with van der Waals surface area (Å²) < 4.78 is 20.9. The zero-order chi connectivity index (χ0) is 41.2. The van der Waals surface area contributed by atoms with E-state index in [0.29, 0.717) is 31.2 Å². The number of aryl methyl sites for hydroxylation is 1. The lowest BCUT2D eigenvalue weighted by Gasteiger charge is -2.32. The molecule has 1 heterocycles. The normalized spacial score (nSPS) is 11.7. The largest absolute Gasteiger partial charge is 0.493 e. The van der Waals surface area contributed by atoms with Crippen molar-refractivity contribution in [3.63, 3.8) is 0 Å².